The van der Waals surface area contributed by atoms with Crippen LogP contribution in [0.25, 0.3) is 0 Å². The van der Waals surface area contributed by atoms with Crippen molar-refractivity contribution in [2.24, 2.45) is 0 Å². The fourth-order valence-electron chi connectivity index (χ4n) is 1.87. The molecule has 1 N–H and O–H groups in total. The topological polar surface area (TPSA) is 32.3 Å². The predicted octanol–water partition coefficient (Wildman–Crippen LogP) is -0.818. The van der Waals surface area contributed by atoms with E-state index in [0.717, 1.165) is 35.5 Å². The first-order valence-electron chi connectivity index (χ1n) is 6.75. The lowest BCUT2D eigenvalue weighted by molar-refractivity contribution is -0.868. The molecule has 0 heterocycles. The van der Waals surface area contributed by atoms with Crippen LogP contribution in [0.5, 0.6) is 0 Å². The third-order valence-corrected chi connectivity index (χ3v) is 2.95. The maximum atomic E-state index is 11.1. The molecule has 0 radical (unpaired) electrons. The molecular weight excluding hydrogens is 274 g/mol. The monoisotopic (exact) mass is 299 g/mol. The summed E-state index contributed by atoms with van der Waals surface area (Å²) in [5.41, 5.74) is 2.01. The first kappa shape index (κ1) is 18.7. The van der Waals surface area contributed by atoms with E-state index >= 15 is 0 Å². The summed E-state index contributed by atoms with van der Waals surface area (Å²) >= 11 is 0. The third kappa shape index (κ3) is 6.78. The Morgan fingerprint density at radius 3 is 2.45 bits per heavy atom. The molecule has 0 saturated heterocycles. The van der Waals surface area contributed by atoms with Crippen LogP contribution in [0.2, 0.25) is 0 Å². The Morgan fingerprint density at radius 2 is 1.95 bits per heavy atom. The van der Waals surface area contributed by atoms with Gasteiger partial charge in [0.25, 0.3) is 0 Å². The van der Waals surface area contributed by atoms with Gasteiger partial charge in [-0.2, -0.15) is 0 Å². The molecule has 0 aliphatic carbocycles. The highest BCUT2D eigenvalue weighted by atomic mass is 35.5. The van der Waals surface area contributed by atoms with Crippen molar-refractivity contribution in [3.63, 3.8) is 0 Å². The van der Waals surface area contributed by atoms with E-state index in [1.54, 1.807) is 0 Å². The summed E-state index contributed by atoms with van der Waals surface area (Å²) in [6.07, 6.45) is 0. The molecule has 1 amide bonds. The Morgan fingerprint density at radius 1 is 1.30 bits per heavy atom. The highest BCUT2D eigenvalue weighted by Gasteiger charge is 2.11. The Hall–Kier alpha value is -1.26. The van der Waals surface area contributed by atoms with E-state index in [4.69, 9.17) is 0 Å². The maximum absolute atomic E-state index is 11.1. The second kappa shape index (κ2) is 8.12. The number of nitrogens with zero attached hydrogens (tertiary/aromatic N) is 2. The zero-order valence-corrected chi connectivity index (χ0v) is 13.9. The number of likely N-dealkylation sites (N-methyl/N-ethyl adjacent to an activating group) is 2. The number of hydrogen-bond acceptors (Lipinski definition) is 2. The highest BCUT2D eigenvalue weighted by Crippen LogP contribution is 2.19. The van der Waals surface area contributed by atoms with Crippen LogP contribution in [0, 0.1) is 0 Å². The van der Waals surface area contributed by atoms with Gasteiger partial charge in [-0.15, -0.1) is 0 Å². The lowest BCUT2D eigenvalue weighted by Gasteiger charge is -2.29. The Bertz CT molecular complexity index is 429. The van der Waals surface area contributed by atoms with Crippen molar-refractivity contribution in [3.05, 3.63) is 24.3 Å². The summed E-state index contributed by atoms with van der Waals surface area (Å²) in [5.74, 6) is -0.0356. The number of quaternary nitrogens is 1. The van der Waals surface area contributed by atoms with E-state index in [0.29, 0.717) is 0 Å². The van der Waals surface area contributed by atoms with E-state index in [9.17, 15) is 4.79 Å². The van der Waals surface area contributed by atoms with Gasteiger partial charge in [0, 0.05) is 24.8 Å². The molecule has 0 saturated carbocycles. The van der Waals surface area contributed by atoms with E-state index in [1.165, 1.54) is 6.92 Å². The second-order valence-corrected chi connectivity index (χ2v) is 5.83. The average Bonchev–Trinajstić information content (AvgIpc) is 2.28. The molecule has 0 aliphatic rings. The summed E-state index contributed by atoms with van der Waals surface area (Å²) in [7, 11) is 6.59. The Kier molecular flexibility index (Phi) is 7.61. The van der Waals surface area contributed by atoms with Crippen molar-refractivity contribution < 1.29 is 21.7 Å². The zero-order chi connectivity index (χ0) is 14.5. The van der Waals surface area contributed by atoms with Crippen LogP contribution in [-0.2, 0) is 4.79 Å². The number of rotatable bonds is 6. The van der Waals surface area contributed by atoms with E-state index in [-0.39, 0.29) is 18.3 Å². The standard InChI is InChI=1S/C15H25N3O.ClH/c1-6-17(10-11-18(3,4)5)15-9-7-8-14(12-15)16-13(2)19;/h7-9,12H,6,10-11H2,1-5H3;1H. The lowest BCUT2D eigenvalue weighted by Crippen LogP contribution is -3.00. The van der Waals surface area contributed by atoms with Gasteiger partial charge in [0.15, 0.2) is 0 Å². The van der Waals surface area contributed by atoms with Gasteiger partial charge in [0.1, 0.15) is 0 Å². The van der Waals surface area contributed by atoms with Crippen molar-refractivity contribution in [1.29, 1.82) is 0 Å². The molecule has 0 spiro atoms. The van der Waals surface area contributed by atoms with Crippen molar-refractivity contribution >= 4 is 17.3 Å². The number of carbonyl (C=O) groups excluding carboxylic acids is 1. The number of nitrogens with one attached hydrogen (secondary N) is 1. The smallest absolute Gasteiger partial charge is 0.221 e. The van der Waals surface area contributed by atoms with Crippen molar-refractivity contribution in [2.75, 3.05) is 51.0 Å². The van der Waals surface area contributed by atoms with Gasteiger partial charge >= 0.3 is 0 Å². The Balaban J connectivity index is 0.00000361. The molecule has 1 aromatic carbocycles. The second-order valence-electron chi connectivity index (χ2n) is 5.83. The largest absolute Gasteiger partial charge is 1.00 e. The summed E-state index contributed by atoms with van der Waals surface area (Å²) in [5, 5.41) is 2.83. The molecule has 0 bridgehead atoms. The third-order valence-electron chi connectivity index (χ3n) is 2.95. The zero-order valence-electron chi connectivity index (χ0n) is 13.1. The molecule has 0 atom stereocenters. The maximum Gasteiger partial charge on any atom is 0.221 e. The molecule has 114 valence electrons. The number of benzene rings is 1. The van der Waals surface area contributed by atoms with Crippen molar-refractivity contribution in [2.45, 2.75) is 13.8 Å². The lowest BCUT2D eigenvalue weighted by atomic mass is 10.2. The number of anilines is 2. The molecular formula is C15H26ClN3O. The van der Waals surface area contributed by atoms with Gasteiger partial charge in [-0.3, -0.25) is 4.79 Å². The van der Waals surface area contributed by atoms with Crippen molar-refractivity contribution in [1.82, 2.24) is 0 Å². The molecule has 0 fully saturated rings. The van der Waals surface area contributed by atoms with Crippen LogP contribution in [0.1, 0.15) is 13.8 Å². The quantitative estimate of drug-likeness (QED) is 0.696. The van der Waals surface area contributed by atoms with Crippen molar-refractivity contribution in [3.8, 4) is 0 Å². The molecule has 0 aliphatic heterocycles. The molecule has 1 aromatic rings. The minimum Gasteiger partial charge on any atom is -1.00 e. The van der Waals surface area contributed by atoms with Gasteiger partial charge in [-0.25, -0.2) is 0 Å². The van der Waals surface area contributed by atoms with Crippen LogP contribution >= 0.6 is 0 Å². The summed E-state index contributed by atoms with van der Waals surface area (Å²) in [6, 6.07) is 8.01. The molecule has 4 nitrogen and oxygen atoms in total. The minimum atomic E-state index is -0.0356. The summed E-state index contributed by atoms with van der Waals surface area (Å²) < 4.78 is 0.946. The SMILES string of the molecule is CCN(CC[N+](C)(C)C)c1cccc(NC(C)=O)c1.[Cl-]. The molecule has 5 heteroatoms. The number of amides is 1. The van der Waals surface area contributed by atoms with Crippen LogP contribution in [0.4, 0.5) is 11.4 Å². The Labute approximate surface area is 128 Å². The van der Waals surface area contributed by atoms with Gasteiger partial charge in [0.2, 0.25) is 5.91 Å². The number of halogens is 1. The predicted molar refractivity (Wildman–Crippen MR) is 81.5 cm³/mol. The van der Waals surface area contributed by atoms with Crippen LogP contribution in [0.15, 0.2) is 24.3 Å². The summed E-state index contributed by atoms with van der Waals surface area (Å²) in [4.78, 5) is 13.4. The average molecular weight is 300 g/mol. The van der Waals surface area contributed by atoms with Crippen LogP contribution in [0.3, 0.4) is 0 Å². The molecule has 0 aromatic heterocycles. The highest BCUT2D eigenvalue weighted by molar-refractivity contribution is 5.89. The van der Waals surface area contributed by atoms with Crippen LogP contribution < -0.4 is 22.6 Å². The fourth-order valence-corrected chi connectivity index (χ4v) is 1.87. The van der Waals surface area contributed by atoms with Gasteiger partial charge < -0.3 is 27.1 Å². The first-order chi connectivity index (χ1) is 8.81. The summed E-state index contributed by atoms with van der Waals surface area (Å²) in [6.45, 7) is 6.73. The van der Waals surface area contributed by atoms with Gasteiger partial charge in [0.05, 0.1) is 34.2 Å². The van der Waals surface area contributed by atoms with Crippen LogP contribution in [-0.4, -0.2) is 51.2 Å². The first-order valence-corrected chi connectivity index (χ1v) is 6.75. The van der Waals surface area contributed by atoms with E-state index < -0.39 is 0 Å². The molecule has 0 unspecified atom stereocenters. The van der Waals surface area contributed by atoms with E-state index in [2.05, 4.69) is 44.3 Å². The van der Waals surface area contributed by atoms with Gasteiger partial charge in [-0.1, -0.05) is 6.07 Å². The minimum absolute atomic E-state index is 0. The normalized spacial score (nSPS) is 10.7. The number of hydrogen-bond donors (Lipinski definition) is 1. The van der Waals surface area contributed by atoms with Gasteiger partial charge in [-0.05, 0) is 25.1 Å². The molecule has 1 rings (SSSR count). The fraction of sp³-hybridized carbons (Fsp3) is 0.533. The molecule has 20 heavy (non-hydrogen) atoms. The number of carbonyl (C=O) groups is 1. The van der Waals surface area contributed by atoms with E-state index in [1.807, 2.05) is 18.2 Å².